The molecule has 0 rings (SSSR count). The van der Waals surface area contributed by atoms with Crippen molar-refractivity contribution >= 4 is 0 Å². The quantitative estimate of drug-likeness (QED) is 0.374. The molecule has 0 saturated heterocycles. The maximum atomic E-state index is 4.94. The Labute approximate surface area is 87.4 Å². The SMILES string of the molecule is CC(C)(C)[O][Ti+3].[Cl-].[Cl-].[Cl-]. The molecule has 0 amide bonds. The van der Waals surface area contributed by atoms with Gasteiger partial charge >= 0.3 is 50.5 Å². The molecule has 9 heavy (non-hydrogen) atoms. The van der Waals surface area contributed by atoms with Crippen LogP contribution in [-0.2, 0) is 24.1 Å². The van der Waals surface area contributed by atoms with Crippen molar-refractivity contribution in [3.63, 3.8) is 0 Å². The van der Waals surface area contributed by atoms with Crippen molar-refractivity contribution in [1.29, 1.82) is 0 Å². The second-order valence-electron chi connectivity index (χ2n) is 2.21. The van der Waals surface area contributed by atoms with Gasteiger partial charge < -0.3 is 37.2 Å². The van der Waals surface area contributed by atoms with Gasteiger partial charge in [0.1, 0.15) is 0 Å². The smallest absolute Gasteiger partial charge is 1.00 e. The van der Waals surface area contributed by atoms with E-state index in [4.69, 9.17) is 3.32 Å². The van der Waals surface area contributed by atoms with Gasteiger partial charge in [0, 0.05) is 0 Å². The molecule has 0 aliphatic carbocycles. The van der Waals surface area contributed by atoms with Crippen LogP contribution < -0.4 is 37.2 Å². The molecule has 0 aromatic carbocycles. The zero-order chi connectivity index (χ0) is 5.21. The summed E-state index contributed by atoms with van der Waals surface area (Å²) in [7, 11) is 0. The molecule has 0 aromatic rings. The molecular weight excluding hydrogens is 218 g/mol. The molecule has 0 fully saturated rings. The predicted octanol–water partition coefficient (Wildman–Crippen LogP) is -7.72. The van der Waals surface area contributed by atoms with Crippen molar-refractivity contribution in [3.05, 3.63) is 0 Å². The van der Waals surface area contributed by atoms with E-state index in [2.05, 4.69) is 0 Å². The van der Waals surface area contributed by atoms with E-state index < -0.39 is 0 Å². The van der Waals surface area contributed by atoms with Crippen LogP contribution in [0.1, 0.15) is 20.8 Å². The Hall–Kier alpha value is 1.54. The van der Waals surface area contributed by atoms with Gasteiger partial charge in [-0.15, -0.1) is 0 Å². The number of hydrogen-bond donors (Lipinski definition) is 0. The zero-order valence-corrected chi connectivity index (χ0v) is 9.37. The van der Waals surface area contributed by atoms with Crippen LogP contribution in [0.2, 0.25) is 0 Å². The maximum Gasteiger partial charge on any atom is -1.00 e. The van der Waals surface area contributed by atoms with E-state index in [9.17, 15) is 0 Å². The van der Waals surface area contributed by atoms with Crippen LogP contribution in [0.4, 0.5) is 0 Å². The predicted molar refractivity (Wildman–Crippen MR) is 20.8 cm³/mol. The Morgan fingerprint density at radius 1 is 1.00 bits per heavy atom. The first-order valence-corrected chi connectivity index (χ1v) is 2.55. The fourth-order valence-corrected chi connectivity index (χ4v) is 0. The minimum Gasteiger partial charge on any atom is -1.00 e. The third-order valence-corrected chi connectivity index (χ3v) is 1.26. The summed E-state index contributed by atoms with van der Waals surface area (Å²) >= 11 is 1.71. The molecule has 0 bridgehead atoms. The molecule has 5 heteroatoms. The van der Waals surface area contributed by atoms with Gasteiger partial charge in [-0.25, -0.2) is 0 Å². The van der Waals surface area contributed by atoms with E-state index in [1.165, 1.54) is 0 Å². The summed E-state index contributed by atoms with van der Waals surface area (Å²) < 4.78 is 4.94. The van der Waals surface area contributed by atoms with Crippen molar-refractivity contribution < 1.29 is 61.4 Å². The first-order chi connectivity index (χ1) is 2.56. The van der Waals surface area contributed by atoms with Crippen LogP contribution >= 0.6 is 0 Å². The average Bonchev–Trinajstić information content (AvgIpc) is 1.35. The minimum absolute atomic E-state index is 0. The van der Waals surface area contributed by atoms with Crippen LogP contribution in [0.3, 0.4) is 0 Å². The topological polar surface area (TPSA) is 9.23 Å². The Bertz CT molecular complexity index is 45.6. The molecule has 0 saturated carbocycles. The van der Waals surface area contributed by atoms with Crippen LogP contribution in [0, 0.1) is 0 Å². The molecule has 0 radical (unpaired) electrons. The first kappa shape index (κ1) is 22.4. The van der Waals surface area contributed by atoms with Crippen LogP contribution in [0.15, 0.2) is 0 Å². The molecule has 0 N–H and O–H groups in total. The Morgan fingerprint density at radius 3 is 1.11 bits per heavy atom. The third kappa shape index (κ3) is 26.3. The molecule has 0 aromatic heterocycles. The number of hydrogen-bond acceptors (Lipinski definition) is 1. The summed E-state index contributed by atoms with van der Waals surface area (Å²) in [6, 6.07) is 0. The van der Waals surface area contributed by atoms with Crippen molar-refractivity contribution in [2.75, 3.05) is 0 Å². The van der Waals surface area contributed by atoms with Crippen molar-refractivity contribution in [1.82, 2.24) is 0 Å². The van der Waals surface area contributed by atoms with Gasteiger partial charge in [-0.05, 0) is 0 Å². The van der Waals surface area contributed by atoms with Gasteiger partial charge in [-0.1, -0.05) is 0 Å². The van der Waals surface area contributed by atoms with Gasteiger partial charge in [0.15, 0.2) is 0 Å². The molecule has 0 atom stereocenters. The van der Waals surface area contributed by atoms with E-state index in [0.29, 0.717) is 0 Å². The van der Waals surface area contributed by atoms with E-state index in [1.807, 2.05) is 20.8 Å². The second kappa shape index (κ2) is 9.54. The van der Waals surface area contributed by atoms with Gasteiger partial charge in [-0.3, -0.25) is 0 Å². The van der Waals surface area contributed by atoms with E-state index in [0.717, 1.165) is 0 Å². The van der Waals surface area contributed by atoms with Gasteiger partial charge in [-0.2, -0.15) is 0 Å². The first-order valence-electron chi connectivity index (χ1n) is 1.91. The van der Waals surface area contributed by atoms with Gasteiger partial charge in [0.25, 0.3) is 0 Å². The van der Waals surface area contributed by atoms with Crippen LogP contribution in [0.5, 0.6) is 0 Å². The summed E-state index contributed by atoms with van der Waals surface area (Å²) in [4.78, 5) is 0. The van der Waals surface area contributed by atoms with E-state index >= 15 is 0 Å². The summed E-state index contributed by atoms with van der Waals surface area (Å²) in [5.41, 5.74) is 0.0417. The molecule has 0 aliphatic rings. The standard InChI is InChI=1S/C4H9O.3ClH.Ti/c1-4(2,3)5;;;;/h1-3H3;3*1H;/q-1;;;;+4/p-3. The fraction of sp³-hybridized carbons (Fsp3) is 1.00. The van der Waals surface area contributed by atoms with Crippen molar-refractivity contribution in [3.8, 4) is 0 Å². The Morgan fingerprint density at radius 2 is 1.11 bits per heavy atom. The minimum atomic E-state index is 0. The van der Waals surface area contributed by atoms with Gasteiger partial charge in [0.05, 0.1) is 0 Å². The van der Waals surface area contributed by atoms with Crippen LogP contribution in [0.25, 0.3) is 0 Å². The summed E-state index contributed by atoms with van der Waals surface area (Å²) in [6.07, 6.45) is 0. The normalized spacial score (nSPS) is 8.11. The molecule has 0 unspecified atom stereocenters. The van der Waals surface area contributed by atoms with Gasteiger partial charge in [0.2, 0.25) is 0 Å². The largest absolute Gasteiger partial charge is 1.00 e. The fourth-order valence-electron chi connectivity index (χ4n) is 0. The third-order valence-electron chi connectivity index (χ3n) is 0.306. The molecule has 56 valence electrons. The summed E-state index contributed by atoms with van der Waals surface area (Å²) in [5, 5.41) is 0. The molecular formula is C4H9Cl3OTi. The summed E-state index contributed by atoms with van der Waals surface area (Å²) in [6.45, 7) is 6.06. The monoisotopic (exact) mass is 226 g/mol. The molecule has 0 heterocycles. The number of rotatable bonds is 0. The molecule has 0 aliphatic heterocycles. The molecule has 1 nitrogen and oxygen atoms in total. The Balaban J connectivity index is -0.0000000417. The molecule has 0 spiro atoms. The van der Waals surface area contributed by atoms with Crippen molar-refractivity contribution in [2.45, 2.75) is 26.4 Å². The second-order valence-corrected chi connectivity index (χ2v) is 2.53. The maximum absolute atomic E-state index is 4.94. The van der Waals surface area contributed by atoms with Crippen molar-refractivity contribution in [2.24, 2.45) is 0 Å². The summed E-state index contributed by atoms with van der Waals surface area (Å²) in [5.74, 6) is 0. The zero-order valence-electron chi connectivity index (χ0n) is 5.54. The Kier molecular flexibility index (Phi) is 23.8. The van der Waals surface area contributed by atoms with Crippen LogP contribution in [-0.4, -0.2) is 5.60 Å². The average molecular weight is 227 g/mol. The number of halogens is 3. The van der Waals surface area contributed by atoms with E-state index in [1.54, 1.807) is 20.8 Å². The van der Waals surface area contributed by atoms with E-state index in [-0.39, 0.29) is 42.8 Å².